The van der Waals surface area contributed by atoms with Gasteiger partial charge in [-0.15, -0.1) is 0 Å². The zero-order valence-electron chi connectivity index (χ0n) is 10.9. The van der Waals surface area contributed by atoms with Crippen LogP contribution < -0.4 is 11.1 Å². The van der Waals surface area contributed by atoms with E-state index in [1.807, 2.05) is 30.3 Å². The molecule has 0 radical (unpaired) electrons. The van der Waals surface area contributed by atoms with Crippen molar-refractivity contribution in [2.24, 2.45) is 5.73 Å². The molecule has 102 valence electrons. The summed E-state index contributed by atoms with van der Waals surface area (Å²) in [6, 6.07) is 9.17. The molecule has 0 aliphatic heterocycles. The zero-order chi connectivity index (χ0) is 13.7. The van der Waals surface area contributed by atoms with Gasteiger partial charge in [-0.2, -0.15) is 0 Å². The Morgan fingerprint density at radius 3 is 3.00 bits per heavy atom. The van der Waals surface area contributed by atoms with E-state index in [9.17, 15) is 4.79 Å². The largest absolute Gasteiger partial charge is 0.461 e. The molecule has 5 heteroatoms. The summed E-state index contributed by atoms with van der Waals surface area (Å²) in [5.41, 5.74) is 6.47. The summed E-state index contributed by atoms with van der Waals surface area (Å²) in [7, 11) is 1.52. The Bertz CT molecular complexity index is 517. The summed E-state index contributed by atoms with van der Waals surface area (Å²) >= 11 is 0. The van der Waals surface area contributed by atoms with Crippen LogP contribution in [0.4, 0.5) is 0 Å². The molecule has 0 aliphatic rings. The first kappa shape index (κ1) is 13.6. The highest BCUT2D eigenvalue weighted by Crippen LogP contribution is 2.18. The minimum atomic E-state index is -0.624. The fourth-order valence-corrected chi connectivity index (χ4v) is 1.86. The molecule has 1 heterocycles. The molecule has 1 unspecified atom stereocenters. The maximum atomic E-state index is 11.5. The van der Waals surface area contributed by atoms with Gasteiger partial charge in [-0.05, 0) is 12.1 Å². The van der Waals surface area contributed by atoms with Crippen molar-refractivity contribution in [2.45, 2.75) is 12.5 Å². The SMILES string of the molecule is COCC(N)C(=O)NCCc1cc2ccccc2o1. The van der Waals surface area contributed by atoms with Crippen molar-refractivity contribution in [3.63, 3.8) is 0 Å². The van der Waals surface area contributed by atoms with Gasteiger partial charge < -0.3 is 20.2 Å². The topological polar surface area (TPSA) is 77.5 Å². The van der Waals surface area contributed by atoms with E-state index in [0.29, 0.717) is 13.0 Å². The van der Waals surface area contributed by atoms with Crippen molar-refractivity contribution < 1.29 is 13.9 Å². The smallest absolute Gasteiger partial charge is 0.239 e. The molecule has 0 saturated carbocycles. The van der Waals surface area contributed by atoms with Gasteiger partial charge in [-0.3, -0.25) is 4.79 Å². The third-order valence-corrected chi connectivity index (χ3v) is 2.83. The predicted octanol–water partition coefficient (Wildman–Crippen LogP) is 1.07. The van der Waals surface area contributed by atoms with Gasteiger partial charge in [0, 0.05) is 25.5 Å². The molecule has 0 saturated heterocycles. The Morgan fingerprint density at radius 2 is 2.26 bits per heavy atom. The number of methoxy groups -OCH3 is 1. The average molecular weight is 262 g/mol. The number of carbonyl (C=O) groups excluding carboxylic acids is 1. The van der Waals surface area contributed by atoms with Gasteiger partial charge in [0.05, 0.1) is 6.61 Å². The van der Waals surface area contributed by atoms with E-state index in [2.05, 4.69) is 5.32 Å². The van der Waals surface area contributed by atoms with Crippen molar-refractivity contribution in [1.82, 2.24) is 5.32 Å². The lowest BCUT2D eigenvalue weighted by Crippen LogP contribution is -2.44. The molecule has 3 N–H and O–H groups in total. The number of hydrogen-bond donors (Lipinski definition) is 2. The number of benzene rings is 1. The maximum absolute atomic E-state index is 11.5. The number of rotatable bonds is 6. The molecule has 19 heavy (non-hydrogen) atoms. The van der Waals surface area contributed by atoms with E-state index in [0.717, 1.165) is 16.7 Å². The second-order valence-corrected chi connectivity index (χ2v) is 4.35. The molecule has 5 nitrogen and oxygen atoms in total. The van der Waals surface area contributed by atoms with Gasteiger partial charge in [-0.1, -0.05) is 18.2 Å². The van der Waals surface area contributed by atoms with Crippen molar-refractivity contribution in [2.75, 3.05) is 20.3 Å². The molecule has 1 amide bonds. The summed E-state index contributed by atoms with van der Waals surface area (Å²) < 4.78 is 10.5. The van der Waals surface area contributed by atoms with Gasteiger partial charge in [0.2, 0.25) is 5.91 Å². The van der Waals surface area contributed by atoms with Crippen LogP contribution in [0.25, 0.3) is 11.0 Å². The van der Waals surface area contributed by atoms with Gasteiger partial charge in [0.15, 0.2) is 0 Å². The Kier molecular flexibility index (Phi) is 4.54. The molecular weight excluding hydrogens is 244 g/mol. The normalized spacial score (nSPS) is 12.5. The summed E-state index contributed by atoms with van der Waals surface area (Å²) in [5, 5.41) is 3.83. The van der Waals surface area contributed by atoms with Crippen LogP contribution in [-0.4, -0.2) is 32.2 Å². The summed E-state index contributed by atoms with van der Waals surface area (Å²) in [6.45, 7) is 0.715. The highest BCUT2D eigenvalue weighted by atomic mass is 16.5. The molecule has 1 aromatic carbocycles. The number of fused-ring (bicyclic) bond motifs is 1. The van der Waals surface area contributed by atoms with Crippen LogP contribution in [0.15, 0.2) is 34.7 Å². The number of para-hydroxylation sites is 1. The molecule has 2 aromatic rings. The standard InChI is InChI=1S/C14H18N2O3/c1-18-9-12(15)14(17)16-7-6-11-8-10-4-2-3-5-13(10)19-11/h2-5,8,12H,6-7,9,15H2,1H3,(H,16,17). The quantitative estimate of drug-likeness (QED) is 0.816. The minimum absolute atomic E-state index is 0.210. The highest BCUT2D eigenvalue weighted by molar-refractivity contribution is 5.81. The van der Waals surface area contributed by atoms with E-state index in [-0.39, 0.29) is 12.5 Å². The van der Waals surface area contributed by atoms with Crippen molar-refractivity contribution in [3.8, 4) is 0 Å². The van der Waals surface area contributed by atoms with Crippen LogP contribution in [0.1, 0.15) is 5.76 Å². The Balaban J connectivity index is 1.84. The van der Waals surface area contributed by atoms with E-state index >= 15 is 0 Å². The average Bonchev–Trinajstić information content (AvgIpc) is 2.81. The van der Waals surface area contributed by atoms with Crippen molar-refractivity contribution >= 4 is 16.9 Å². The van der Waals surface area contributed by atoms with E-state index in [1.165, 1.54) is 7.11 Å². The van der Waals surface area contributed by atoms with Crippen LogP contribution in [0, 0.1) is 0 Å². The molecule has 0 aliphatic carbocycles. The van der Waals surface area contributed by atoms with Gasteiger partial charge >= 0.3 is 0 Å². The lowest BCUT2D eigenvalue weighted by atomic mass is 10.2. The number of carbonyl (C=O) groups is 1. The summed E-state index contributed by atoms with van der Waals surface area (Å²) in [4.78, 5) is 11.5. The summed E-state index contributed by atoms with van der Waals surface area (Å²) in [6.07, 6.45) is 0.639. The maximum Gasteiger partial charge on any atom is 0.239 e. The Morgan fingerprint density at radius 1 is 1.47 bits per heavy atom. The van der Waals surface area contributed by atoms with E-state index < -0.39 is 6.04 Å². The monoisotopic (exact) mass is 262 g/mol. The van der Waals surface area contributed by atoms with Crippen molar-refractivity contribution in [3.05, 3.63) is 36.1 Å². The van der Waals surface area contributed by atoms with Crippen LogP contribution >= 0.6 is 0 Å². The number of amides is 1. The van der Waals surface area contributed by atoms with Crippen LogP contribution in [0.5, 0.6) is 0 Å². The number of ether oxygens (including phenoxy) is 1. The molecular formula is C14H18N2O3. The van der Waals surface area contributed by atoms with Crippen LogP contribution in [-0.2, 0) is 16.0 Å². The van der Waals surface area contributed by atoms with Gasteiger partial charge in [0.1, 0.15) is 17.4 Å². The number of hydrogen-bond acceptors (Lipinski definition) is 4. The van der Waals surface area contributed by atoms with Crippen LogP contribution in [0.2, 0.25) is 0 Å². The number of nitrogens with two attached hydrogens (primary N) is 1. The first-order valence-corrected chi connectivity index (χ1v) is 6.20. The zero-order valence-corrected chi connectivity index (χ0v) is 10.9. The molecule has 0 bridgehead atoms. The second-order valence-electron chi connectivity index (χ2n) is 4.35. The lowest BCUT2D eigenvalue weighted by Gasteiger charge is -2.10. The van der Waals surface area contributed by atoms with Gasteiger partial charge in [-0.25, -0.2) is 0 Å². The highest BCUT2D eigenvalue weighted by Gasteiger charge is 2.12. The molecule has 1 aromatic heterocycles. The number of furan rings is 1. The second kappa shape index (κ2) is 6.36. The lowest BCUT2D eigenvalue weighted by molar-refractivity contribution is -0.123. The fourth-order valence-electron chi connectivity index (χ4n) is 1.86. The molecule has 0 spiro atoms. The fraction of sp³-hybridized carbons (Fsp3) is 0.357. The predicted molar refractivity (Wildman–Crippen MR) is 72.8 cm³/mol. The third-order valence-electron chi connectivity index (χ3n) is 2.83. The first-order valence-electron chi connectivity index (χ1n) is 6.20. The number of nitrogens with one attached hydrogen (secondary N) is 1. The Hall–Kier alpha value is -1.85. The van der Waals surface area contributed by atoms with Gasteiger partial charge in [0.25, 0.3) is 0 Å². The van der Waals surface area contributed by atoms with E-state index in [4.69, 9.17) is 14.9 Å². The minimum Gasteiger partial charge on any atom is -0.461 e. The van der Waals surface area contributed by atoms with E-state index in [1.54, 1.807) is 0 Å². The molecule has 1 atom stereocenters. The first-order chi connectivity index (χ1) is 9.20. The summed E-state index contributed by atoms with van der Waals surface area (Å²) in [5.74, 6) is 0.639. The van der Waals surface area contributed by atoms with Crippen molar-refractivity contribution in [1.29, 1.82) is 0 Å². The molecule has 2 rings (SSSR count). The Labute approximate surface area is 111 Å². The van der Waals surface area contributed by atoms with Crippen LogP contribution in [0.3, 0.4) is 0 Å². The third kappa shape index (κ3) is 3.56. The molecule has 0 fully saturated rings.